The highest BCUT2D eigenvalue weighted by Crippen LogP contribution is 2.20. The van der Waals surface area contributed by atoms with E-state index in [2.05, 4.69) is 29.0 Å². The van der Waals surface area contributed by atoms with Crippen LogP contribution in [0.5, 0.6) is 0 Å². The molecule has 6 nitrogen and oxygen atoms in total. The zero-order valence-corrected chi connectivity index (χ0v) is 12.0. The fraction of sp³-hybridized carbons (Fsp3) is 0.846. The van der Waals surface area contributed by atoms with Gasteiger partial charge in [-0.1, -0.05) is 5.16 Å². The number of aromatic nitrogens is 2. The van der Waals surface area contributed by atoms with Crippen molar-refractivity contribution in [2.45, 2.75) is 44.9 Å². The Morgan fingerprint density at radius 3 is 3.00 bits per heavy atom. The van der Waals surface area contributed by atoms with Gasteiger partial charge in [-0.05, 0) is 33.2 Å². The molecular formula is C13H23N3O3. The maximum atomic E-state index is 5.75. The SMILES string of the molecule is COCc1noc([C@@H](C)N(C)C[C@@H]2CCCCO2)n1. The van der Waals surface area contributed by atoms with Gasteiger partial charge < -0.3 is 14.0 Å². The number of methoxy groups -OCH3 is 1. The molecule has 0 N–H and O–H groups in total. The lowest BCUT2D eigenvalue weighted by Crippen LogP contribution is -2.35. The predicted molar refractivity (Wildman–Crippen MR) is 69.6 cm³/mol. The normalized spacial score (nSPS) is 21.8. The van der Waals surface area contributed by atoms with Crippen LogP contribution in [0.3, 0.4) is 0 Å². The van der Waals surface area contributed by atoms with Crippen molar-refractivity contribution in [1.29, 1.82) is 0 Å². The molecule has 0 unspecified atom stereocenters. The Balaban J connectivity index is 1.87. The summed E-state index contributed by atoms with van der Waals surface area (Å²) < 4.78 is 16.0. The average Bonchev–Trinajstić information content (AvgIpc) is 2.88. The highest BCUT2D eigenvalue weighted by Gasteiger charge is 2.23. The average molecular weight is 269 g/mol. The monoisotopic (exact) mass is 269 g/mol. The summed E-state index contributed by atoms with van der Waals surface area (Å²) >= 11 is 0. The molecule has 0 spiro atoms. The molecule has 2 heterocycles. The minimum absolute atomic E-state index is 0.0867. The first-order valence-corrected chi connectivity index (χ1v) is 6.84. The molecule has 1 aliphatic rings. The molecular weight excluding hydrogens is 246 g/mol. The van der Waals surface area contributed by atoms with Gasteiger partial charge in [-0.2, -0.15) is 4.98 Å². The standard InChI is InChI=1S/C13H23N3O3/c1-10(13-14-12(9-17-3)15-19-13)16(2)8-11-6-4-5-7-18-11/h10-11H,4-9H2,1-3H3/t10-,11+/m1/s1. The molecule has 2 atom stereocenters. The molecule has 1 aromatic rings. The van der Waals surface area contributed by atoms with Gasteiger partial charge in [0.25, 0.3) is 0 Å². The van der Waals surface area contributed by atoms with E-state index >= 15 is 0 Å². The molecule has 0 aromatic carbocycles. The summed E-state index contributed by atoms with van der Waals surface area (Å²) in [5.41, 5.74) is 0. The van der Waals surface area contributed by atoms with Crippen molar-refractivity contribution < 1.29 is 14.0 Å². The zero-order valence-electron chi connectivity index (χ0n) is 12.0. The third-order valence-corrected chi connectivity index (χ3v) is 3.54. The third-order valence-electron chi connectivity index (χ3n) is 3.54. The largest absolute Gasteiger partial charge is 0.377 e. The van der Waals surface area contributed by atoms with E-state index in [1.807, 2.05) is 0 Å². The molecule has 1 saturated heterocycles. The summed E-state index contributed by atoms with van der Waals surface area (Å²) in [6.45, 7) is 4.22. The van der Waals surface area contributed by atoms with Crippen molar-refractivity contribution in [3.05, 3.63) is 11.7 Å². The molecule has 6 heteroatoms. The van der Waals surface area contributed by atoms with Crippen molar-refractivity contribution in [3.8, 4) is 0 Å². The summed E-state index contributed by atoms with van der Waals surface area (Å²) in [6, 6.07) is 0.0867. The van der Waals surface area contributed by atoms with Gasteiger partial charge in [-0.3, -0.25) is 4.90 Å². The van der Waals surface area contributed by atoms with E-state index in [1.165, 1.54) is 12.8 Å². The Hall–Kier alpha value is -0.980. The van der Waals surface area contributed by atoms with E-state index in [1.54, 1.807) is 7.11 Å². The summed E-state index contributed by atoms with van der Waals surface area (Å²) in [6.07, 6.45) is 3.89. The summed E-state index contributed by atoms with van der Waals surface area (Å²) in [5, 5.41) is 3.89. The number of likely N-dealkylation sites (N-methyl/N-ethyl adjacent to an activating group) is 1. The number of hydrogen-bond donors (Lipinski definition) is 0. The van der Waals surface area contributed by atoms with Gasteiger partial charge in [0.05, 0.1) is 12.1 Å². The van der Waals surface area contributed by atoms with E-state index in [4.69, 9.17) is 14.0 Å². The van der Waals surface area contributed by atoms with Gasteiger partial charge in [-0.25, -0.2) is 0 Å². The molecule has 1 aliphatic heterocycles. The highest BCUT2D eigenvalue weighted by molar-refractivity contribution is 4.91. The Bertz CT molecular complexity index is 377. The first-order valence-electron chi connectivity index (χ1n) is 6.84. The lowest BCUT2D eigenvalue weighted by atomic mass is 10.1. The number of hydrogen-bond acceptors (Lipinski definition) is 6. The van der Waals surface area contributed by atoms with Gasteiger partial charge in [0, 0.05) is 20.3 Å². The fourth-order valence-electron chi connectivity index (χ4n) is 2.24. The van der Waals surface area contributed by atoms with Crippen LogP contribution in [0.1, 0.15) is 43.9 Å². The second-order valence-electron chi connectivity index (χ2n) is 5.09. The van der Waals surface area contributed by atoms with Crippen LogP contribution >= 0.6 is 0 Å². The minimum Gasteiger partial charge on any atom is -0.377 e. The first-order chi connectivity index (χ1) is 9.20. The highest BCUT2D eigenvalue weighted by atomic mass is 16.5. The van der Waals surface area contributed by atoms with Crippen molar-refractivity contribution >= 4 is 0 Å². The van der Waals surface area contributed by atoms with E-state index in [-0.39, 0.29) is 6.04 Å². The van der Waals surface area contributed by atoms with Crippen molar-refractivity contribution in [3.63, 3.8) is 0 Å². The summed E-state index contributed by atoms with van der Waals surface area (Å²) in [7, 11) is 3.68. The summed E-state index contributed by atoms with van der Waals surface area (Å²) in [5.74, 6) is 1.22. The molecule has 2 rings (SSSR count). The smallest absolute Gasteiger partial charge is 0.243 e. The molecule has 108 valence electrons. The first kappa shape index (κ1) is 14.4. The zero-order chi connectivity index (χ0) is 13.7. The molecule has 19 heavy (non-hydrogen) atoms. The summed E-state index contributed by atoms with van der Waals surface area (Å²) in [4.78, 5) is 6.52. The van der Waals surface area contributed by atoms with E-state index in [9.17, 15) is 0 Å². The second-order valence-corrected chi connectivity index (χ2v) is 5.09. The van der Waals surface area contributed by atoms with Gasteiger partial charge in [-0.15, -0.1) is 0 Å². The van der Waals surface area contributed by atoms with E-state index in [0.717, 1.165) is 19.6 Å². The maximum Gasteiger partial charge on any atom is 0.243 e. The van der Waals surface area contributed by atoms with E-state index < -0.39 is 0 Å². The molecule has 0 saturated carbocycles. The quantitative estimate of drug-likeness (QED) is 0.784. The van der Waals surface area contributed by atoms with Crippen molar-refractivity contribution in [1.82, 2.24) is 15.0 Å². The van der Waals surface area contributed by atoms with Crippen LogP contribution in [0, 0.1) is 0 Å². The lowest BCUT2D eigenvalue weighted by molar-refractivity contribution is -0.00918. The Kier molecular flexibility index (Phi) is 5.30. The van der Waals surface area contributed by atoms with Crippen LogP contribution in [0.2, 0.25) is 0 Å². The van der Waals surface area contributed by atoms with Gasteiger partial charge in [0.2, 0.25) is 5.89 Å². The number of nitrogens with zero attached hydrogens (tertiary/aromatic N) is 3. The fourth-order valence-corrected chi connectivity index (χ4v) is 2.24. The van der Waals surface area contributed by atoms with Crippen LogP contribution in [0.15, 0.2) is 4.52 Å². The van der Waals surface area contributed by atoms with Gasteiger partial charge >= 0.3 is 0 Å². The van der Waals surface area contributed by atoms with Crippen molar-refractivity contribution in [2.75, 3.05) is 27.3 Å². The van der Waals surface area contributed by atoms with Crippen LogP contribution < -0.4 is 0 Å². The van der Waals surface area contributed by atoms with Crippen LogP contribution in [-0.4, -0.2) is 48.5 Å². The van der Waals surface area contributed by atoms with Crippen LogP contribution in [0.25, 0.3) is 0 Å². The Labute approximate surface area is 114 Å². The molecule has 1 fully saturated rings. The molecule has 0 bridgehead atoms. The maximum absolute atomic E-state index is 5.75. The topological polar surface area (TPSA) is 60.6 Å². The second kappa shape index (κ2) is 6.98. The van der Waals surface area contributed by atoms with Gasteiger partial charge in [0.1, 0.15) is 6.61 Å². The number of rotatable bonds is 6. The van der Waals surface area contributed by atoms with Crippen molar-refractivity contribution in [2.24, 2.45) is 0 Å². The number of ether oxygens (including phenoxy) is 2. The van der Waals surface area contributed by atoms with Crippen LogP contribution in [-0.2, 0) is 16.1 Å². The molecule has 0 amide bonds. The Morgan fingerprint density at radius 1 is 1.47 bits per heavy atom. The van der Waals surface area contributed by atoms with Gasteiger partial charge in [0.15, 0.2) is 5.82 Å². The van der Waals surface area contributed by atoms with Crippen LogP contribution in [0.4, 0.5) is 0 Å². The minimum atomic E-state index is 0.0867. The Morgan fingerprint density at radius 2 is 2.32 bits per heavy atom. The van der Waals surface area contributed by atoms with E-state index in [0.29, 0.717) is 24.4 Å². The third kappa shape index (κ3) is 3.99. The predicted octanol–water partition coefficient (Wildman–Crippen LogP) is 1.78. The molecule has 1 aromatic heterocycles. The molecule has 0 aliphatic carbocycles. The lowest BCUT2D eigenvalue weighted by Gasteiger charge is -2.29. The molecule has 0 radical (unpaired) electrons.